The number of fused-ring (bicyclic) bond motifs is 1. The van der Waals surface area contributed by atoms with E-state index in [1.807, 2.05) is 0 Å². The second-order valence-electron chi connectivity index (χ2n) is 9.20. The lowest BCUT2D eigenvalue weighted by Crippen LogP contribution is -2.48. The van der Waals surface area contributed by atoms with Gasteiger partial charge in [0.25, 0.3) is 0 Å². The van der Waals surface area contributed by atoms with Crippen molar-refractivity contribution in [3.05, 3.63) is 36.0 Å². The fraction of sp³-hybridized carbons (Fsp3) is 0.636. The molecule has 3 heteroatoms. The molecule has 3 nitrogen and oxygen atoms in total. The lowest BCUT2D eigenvalue weighted by Gasteiger charge is -2.38. The summed E-state index contributed by atoms with van der Waals surface area (Å²) in [6.07, 6.45) is 10.9. The van der Waals surface area contributed by atoms with Gasteiger partial charge in [-0.3, -0.25) is 4.57 Å². The van der Waals surface area contributed by atoms with Crippen molar-refractivity contribution in [2.24, 2.45) is 0 Å². The van der Waals surface area contributed by atoms with Gasteiger partial charge in [-0.25, -0.2) is 0 Å². The fourth-order valence-corrected chi connectivity index (χ4v) is 5.20. The number of likely N-dealkylation sites (tertiary alicyclic amines) is 2. The Kier molecular flexibility index (Phi) is 4.63. The lowest BCUT2D eigenvalue weighted by molar-refractivity contribution is -0.935. The third-order valence-electron chi connectivity index (χ3n) is 6.71. The average molecular weight is 342 g/mol. The molecular formula is C22H35N3+2. The van der Waals surface area contributed by atoms with Crippen LogP contribution >= 0.6 is 0 Å². The number of quaternary nitrogens is 2. The van der Waals surface area contributed by atoms with E-state index in [0.29, 0.717) is 0 Å². The molecule has 0 amide bonds. The molecule has 2 aliphatic heterocycles. The van der Waals surface area contributed by atoms with E-state index in [1.165, 1.54) is 91.1 Å². The zero-order valence-corrected chi connectivity index (χ0v) is 16.2. The second kappa shape index (κ2) is 6.77. The third kappa shape index (κ3) is 3.63. The second-order valence-corrected chi connectivity index (χ2v) is 9.20. The molecule has 136 valence electrons. The van der Waals surface area contributed by atoms with Crippen molar-refractivity contribution >= 4 is 10.9 Å². The fourth-order valence-electron chi connectivity index (χ4n) is 5.20. The van der Waals surface area contributed by atoms with Gasteiger partial charge in [-0.2, -0.15) is 0 Å². The Hall–Kier alpha value is -1.32. The van der Waals surface area contributed by atoms with Gasteiger partial charge in [0.15, 0.2) is 6.67 Å². The minimum atomic E-state index is 1.13. The molecule has 1 aromatic carbocycles. The van der Waals surface area contributed by atoms with Crippen molar-refractivity contribution in [1.82, 2.24) is 4.57 Å². The maximum atomic E-state index is 2.56. The SMILES string of the molecule is C[N+]1(Cc2cn(C[N+]3(C)CCCCC3)c3ccccc23)CCCCC1. The number of rotatable bonds is 4. The molecule has 0 N–H and O–H groups in total. The first-order valence-electron chi connectivity index (χ1n) is 10.3. The molecule has 0 saturated carbocycles. The monoisotopic (exact) mass is 341 g/mol. The molecule has 0 aliphatic carbocycles. The van der Waals surface area contributed by atoms with E-state index >= 15 is 0 Å². The molecule has 2 fully saturated rings. The molecule has 4 rings (SSSR count). The number of aromatic nitrogens is 1. The number of para-hydroxylation sites is 1. The molecule has 0 bridgehead atoms. The molecule has 25 heavy (non-hydrogen) atoms. The van der Waals surface area contributed by atoms with Gasteiger partial charge in [0.05, 0.1) is 45.8 Å². The molecule has 0 spiro atoms. The first-order chi connectivity index (χ1) is 12.1. The maximum Gasteiger partial charge on any atom is 0.158 e. The van der Waals surface area contributed by atoms with E-state index in [4.69, 9.17) is 0 Å². The van der Waals surface area contributed by atoms with Crippen molar-refractivity contribution in [2.75, 3.05) is 40.3 Å². The average Bonchev–Trinajstić information content (AvgIpc) is 2.93. The number of hydrogen-bond acceptors (Lipinski definition) is 0. The Labute approximate surface area is 153 Å². The van der Waals surface area contributed by atoms with Crippen LogP contribution in [0.3, 0.4) is 0 Å². The van der Waals surface area contributed by atoms with Gasteiger partial charge >= 0.3 is 0 Å². The van der Waals surface area contributed by atoms with E-state index in [0.717, 1.165) is 6.67 Å². The molecule has 3 heterocycles. The largest absolute Gasteiger partial charge is 0.322 e. The van der Waals surface area contributed by atoms with E-state index in [9.17, 15) is 0 Å². The molecule has 0 radical (unpaired) electrons. The molecule has 2 aliphatic rings. The summed E-state index contributed by atoms with van der Waals surface area (Å²) < 4.78 is 4.98. The summed E-state index contributed by atoms with van der Waals surface area (Å²) in [6.45, 7) is 7.66. The summed E-state index contributed by atoms with van der Waals surface area (Å²) in [4.78, 5) is 0. The van der Waals surface area contributed by atoms with E-state index in [-0.39, 0.29) is 0 Å². The van der Waals surface area contributed by atoms with Crippen molar-refractivity contribution in [1.29, 1.82) is 0 Å². The minimum Gasteiger partial charge on any atom is -0.322 e. The summed E-state index contributed by atoms with van der Waals surface area (Å²) in [5.41, 5.74) is 3.00. The summed E-state index contributed by atoms with van der Waals surface area (Å²) in [6, 6.07) is 9.08. The van der Waals surface area contributed by atoms with Crippen molar-refractivity contribution in [2.45, 2.75) is 51.7 Å². The van der Waals surface area contributed by atoms with Crippen LogP contribution < -0.4 is 0 Å². The number of hydrogen-bond donors (Lipinski definition) is 0. The summed E-state index contributed by atoms with van der Waals surface area (Å²) in [7, 11) is 4.91. The number of benzene rings is 1. The predicted octanol–water partition coefficient (Wildman–Crippen LogP) is 4.36. The van der Waals surface area contributed by atoms with Crippen LogP contribution in [0.1, 0.15) is 44.1 Å². The van der Waals surface area contributed by atoms with Crippen LogP contribution in [0.4, 0.5) is 0 Å². The highest BCUT2D eigenvalue weighted by atomic mass is 15.4. The summed E-state index contributed by atoms with van der Waals surface area (Å²) in [5.74, 6) is 0. The zero-order chi connectivity index (χ0) is 17.3. The van der Waals surface area contributed by atoms with Crippen molar-refractivity contribution in [3.8, 4) is 0 Å². The maximum absolute atomic E-state index is 2.56. The van der Waals surface area contributed by atoms with Crippen LogP contribution in [-0.2, 0) is 13.2 Å². The van der Waals surface area contributed by atoms with Gasteiger partial charge < -0.3 is 8.97 Å². The number of piperidine rings is 2. The van der Waals surface area contributed by atoms with Gasteiger partial charge in [-0.1, -0.05) is 18.2 Å². The van der Waals surface area contributed by atoms with E-state index < -0.39 is 0 Å². The highest BCUT2D eigenvalue weighted by molar-refractivity contribution is 5.83. The minimum absolute atomic E-state index is 1.13. The number of nitrogens with zero attached hydrogens (tertiary/aromatic N) is 3. The Morgan fingerprint density at radius 3 is 2.08 bits per heavy atom. The first-order valence-corrected chi connectivity index (χ1v) is 10.3. The highest BCUT2D eigenvalue weighted by Gasteiger charge is 2.29. The normalized spacial score (nSPS) is 23.0. The van der Waals surface area contributed by atoms with Gasteiger partial charge in [0.2, 0.25) is 0 Å². The lowest BCUT2D eigenvalue weighted by atomic mass is 10.1. The van der Waals surface area contributed by atoms with Crippen molar-refractivity contribution in [3.63, 3.8) is 0 Å². The highest BCUT2D eigenvalue weighted by Crippen LogP contribution is 2.28. The molecule has 1 aromatic heterocycles. The van der Waals surface area contributed by atoms with Gasteiger partial charge in [-0.15, -0.1) is 0 Å². The predicted molar refractivity (Wildman–Crippen MR) is 105 cm³/mol. The molecule has 0 atom stereocenters. The van der Waals surface area contributed by atoms with Gasteiger partial charge in [0, 0.05) is 17.1 Å². The Morgan fingerprint density at radius 1 is 0.800 bits per heavy atom. The van der Waals surface area contributed by atoms with E-state index in [2.05, 4.69) is 49.1 Å². The third-order valence-corrected chi connectivity index (χ3v) is 6.71. The Balaban J connectivity index is 1.64. The quantitative estimate of drug-likeness (QED) is 0.728. The topological polar surface area (TPSA) is 4.93 Å². The van der Waals surface area contributed by atoms with Crippen molar-refractivity contribution < 1.29 is 8.97 Å². The zero-order valence-electron chi connectivity index (χ0n) is 16.2. The van der Waals surface area contributed by atoms with Crippen LogP contribution in [0.15, 0.2) is 30.5 Å². The van der Waals surface area contributed by atoms with Crippen LogP contribution in [0, 0.1) is 0 Å². The standard InChI is InChI=1S/C22H35N3/c1-24(13-7-3-8-14-24)18-20-17-23(22-12-6-5-11-21(20)22)19-25(2)15-9-4-10-16-25/h5-6,11-12,17H,3-4,7-10,13-16,18-19H2,1-2H3/q+2. The van der Waals surface area contributed by atoms with Crippen LogP contribution in [0.25, 0.3) is 10.9 Å². The Morgan fingerprint density at radius 2 is 1.40 bits per heavy atom. The molecular weight excluding hydrogens is 306 g/mol. The van der Waals surface area contributed by atoms with Crippen LogP contribution in [0.2, 0.25) is 0 Å². The molecule has 2 saturated heterocycles. The Bertz CT molecular complexity index is 658. The molecule has 2 aromatic rings. The summed E-state index contributed by atoms with van der Waals surface area (Å²) >= 11 is 0. The van der Waals surface area contributed by atoms with E-state index in [1.54, 1.807) is 5.56 Å². The van der Waals surface area contributed by atoms with Crippen LogP contribution in [-0.4, -0.2) is 53.8 Å². The smallest absolute Gasteiger partial charge is 0.158 e. The summed E-state index contributed by atoms with van der Waals surface area (Å²) in [5, 5.41) is 1.48. The van der Waals surface area contributed by atoms with Gasteiger partial charge in [0.1, 0.15) is 6.54 Å². The van der Waals surface area contributed by atoms with Crippen LogP contribution in [0.5, 0.6) is 0 Å². The van der Waals surface area contributed by atoms with Gasteiger partial charge in [-0.05, 0) is 44.6 Å². The first kappa shape index (κ1) is 17.1. The molecule has 0 unspecified atom stereocenters.